The third kappa shape index (κ3) is 12.9. The molecule has 2 unspecified atom stereocenters. The second kappa shape index (κ2) is 15.3. The highest BCUT2D eigenvalue weighted by Crippen LogP contribution is 2.13. The van der Waals surface area contributed by atoms with Gasteiger partial charge in [-0.2, -0.15) is 0 Å². The topological polar surface area (TPSA) is 66.5 Å². The number of unbranched alkanes of at least 4 members (excludes halogenated alkanes) is 10. The molecule has 0 spiro atoms. The first-order valence-corrected chi connectivity index (χ1v) is 8.78. The Bertz CT molecular complexity index is 188. The molecule has 0 aliphatic carbocycles. The standard InChI is InChI=1S/C17H37NO2/c1-2-3-4-5-6-7-8-9-10-11-12-13-16(19)17(20)14-15-18/h16-17,19-20H,2-15,18H2,1H3. The summed E-state index contributed by atoms with van der Waals surface area (Å²) in [5.41, 5.74) is 5.36. The van der Waals surface area contributed by atoms with Crippen LogP contribution in [0.4, 0.5) is 0 Å². The van der Waals surface area contributed by atoms with E-state index in [0.717, 1.165) is 6.42 Å². The predicted octanol–water partition coefficient (Wildman–Crippen LogP) is 3.76. The maximum Gasteiger partial charge on any atom is 0.0811 e. The fourth-order valence-electron chi connectivity index (χ4n) is 2.57. The summed E-state index contributed by atoms with van der Waals surface area (Å²) in [6, 6.07) is 0. The Kier molecular flexibility index (Phi) is 15.2. The van der Waals surface area contributed by atoms with Crippen molar-refractivity contribution in [2.45, 2.75) is 103 Å². The van der Waals surface area contributed by atoms with Gasteiger partial charge in [-0.25, -0.2) is 0 Å². The molecule has 0 aromatic rings. The molecule has 4 N–H and O–H groups in total. The molecule has 0 radical (unpaired) electrons. The normalized spacial score (nSPS) is 14.4. The average molecular weight is 287 g/mol. The van der Waals surface area contributed by atoms with Gasteiger partial charge in [0, 0.05) is 0 Å². The smallest absolute Gasteiger partial charge is 0.0811 e. The Morgan fingerprint density at radius 3 is 1.50 bits per heavy atom. The van der Waals surface area contributed by atoms with Gasteiger partial charge in [0.1, 0.15) is 0 Å². The van der Waals surface area contributed by atoms with Crippen LogP contribution in [0.2, 0.25) is 0 Å². The average Bonchev–Trinajstić information content (AvgIpc) is 2.44. The van der Waals surface area contributed by atoms with Crippen LogP contribution in [-0.4, -0.2) is 29.0 Å². The van der Waals surface area contributed by atoms with Gasteiger partial charge in [0.25, 0.3) is 0 Å². The van der Waals surface area contributed by atoms with Crippen molar-refractivity contribution in [1.82, 2.24) is 0 Å². The number of aliphatic hydroxyl groups excluding tert-OH is 2. The van der Waals surface area contributed by atoms with Crippen molar-refractivity contribution in [1.29, 1.82) is 0 Å². The molecule has 0 aliphatic rings. The van der Waals surface area contributed by atoms with Crippen LogP contribution in [0.25, 0.3) is 0 Å². The largest absolute Gasteiger partial charge is 0.390 e. The maximum absolute atomic E-state index is 9.69. The minimum atomic E-state index is -0.636. The van der Waals surface area contributed by atoms with Crippen molar-refractivity contribution >= 4 is 0 Å². The lowest BCUT2D eigenvalue weighted by molar-refractivity contribution is 0.00998. The van der Waals surface area contributed by atoms with E-state index >= 15 is 0 Å². The molecule has 0 rings (SSSR count). The van der Waals surface area contributed by atoms with Crippen molar-refractivity contribution in [3.63, 3.8) is 0 Å². The van der Waals surface area contributed by atoms with E-state index in [1.165, 1.54) is 64.2 Å². The highest BCUT2D eigenvalue weighted by Gasteiger charge is 2.14. The van der Waals surface area contributed by atoms with Crippen molar-refractivity contribution in [3.8, 4) is 0 Å². The molecule has 0 amide bonds. The Balaban J connectivity index is 3.16. The van der Waals surface area contributed by atoms with Crippen molar-refractivity contribution in [3.05, 3.63) is 0 Å². The quantitative estimate of drug-likeness (QED) is 0.402. The maximum atomic E-state index is 9.69. The molecule has 0 aromatic carbocycles. The number of hydrogen-bond donors (Lipinski definition) is 3. The SMILES string of the molecule is CCCCCCCCCCCCCC(O)C(O)CCN. The van der Waals surface area contributed by atoms with E-state index in [1.807, 2.05) is 0 Å². The third-order valence-electron chi connectivity index (χ3n) is 4.01. The van der Waals surface area contributed by atoms with Crippen LogP contribution in [0.15, 0.2) is 0 Å². The van der Waals surface area contributed by atoms with Crippen molar-refractivity contribution in [2.75, 3.05) is 6.54 Å². The van der Waals surface area contributed by atoms with Gasteiger partial charge in [-0.15, -0.1) is 0 Å². The monoisotopic (exact) mass is 287 g/mol. The fourth-order valence-corrected chi connectivity index (χ4v) is 2.57. The van der Waals surface area contributed by atoms with Gasteiger partial charge in [-0.1, -0.05) is 77.6 Å². The van der Waals surface area contributed by atoms with Crippen molar-refractivity contribution in [2.24, 2.45) is 5.73 Å². The van der Waals surface area contributed by atoms with Gasteiger partial charge < -0.3 is 15.9 Å². The van der Waals surface area contributed by atoms with Crippen LogP contribution >= 0.6 is 0 Å². The zero-order chi connectivity index (χ0) is 15.1. The van der Waals surface area contributed by atoms with Crippen LogP contribution < -0.4 is 5.73 Å². The summed E-state index contributed by atoms with van der Waals surface area (Å²) in [6.45, 7) is 2.70. The molecule has 0 heterocycles. The molecule has 0 saturated heterocycles. The van der Waals surface area contributed by atoms with Crippen LogP contribution in [0.5, 0.6) is 0 Å². The first-order valence-electron chi connectivity index (χ1n) is 8.78. The fraction of sp³-hybridized carbons (Fsp3) is 1.00. The summed E-state index contributed by atoms with van der Waals surface area (Å²) in [6.07, 6.45) is 14.4. The first-order chi connectivity index (χ1) is 9.72. The Morgan fingerprint density at radius 1 is 0.650 bits per heavy atom. The second-order valence-electron chi connectivity index (χ2n) is 6.04. The molecule has 0 aromatic heterocycles. The van der Waals surface area contributed by atoms with Crippen LogP contribution in [0.1, 0.15) is 90.4 Å². The highest BCUT2D eigenvalue weighted by molar-refractivity contribution is 4.67. The van der Waals surface area contributed by atoms with Gasteiger partial charge in [0.15, 0.2) is 0 Å². The Hall–Kier alpha value is -0.120. The molecule has 0 bridgehead atoms. The summed E-state index contributed by atoms with van der Waals surface area (Å²) in [7, 11) is 0. The van der Waals surface area contributed by atoms with Crippen LogP contribution in [-0.2, 0) is 0 Å². The number of hydrogen-bond acceptors (Lipinski definition) is 3. The minimum Gasteiger partial charge on any atom is -0.390 e. The molecule has 122 valence electrons. The number of nitrogens with two attached hydrogens (primary N) is 1. The van der Waals surface area contributed by atoms with E-state index < -0.39 is 12.2 Å². The molecule has 3 heteroatoms. The lowest BCUT2D eigenvalue weighted by Crippen LogP contribution is -2.28. The van der Waals surface area contributed by atoms with E-state index in [1.54, 1.807) is 0 Å². The van der Waals surface area contributed by atoms with Crippen LogP contribution in [0, 0.1) is 0 Å². The van der Waals surface area contributed by atoms with Gasteiger partial charge >= 0.3 is 0 Å². The molecular formula is C17H37NO2. The second-order valence-corrected chi connectivity index (χ2v) is 6.04. The third-order valence-corrected chi connectivity index (χ3v) is 4.01. The lowest BCUT2D eigenvalue weighted by atomic mass is 10.0. The predicted molar refractivity (Wildman–Crippen MR) is 86.8 cm³/mol. The zero-order valence-electron chi connectivity index (χ0n) is 13.5. The molecule has 0 fully saturated rings. The number of rotatable bonds is 15. The van der Waals surface area contributed by atoms with Crippen LogP contribution in [0.3, 0.4) is 0 Å². The first kappa shape index (κ1) is 19.9. The van der Waals surface area contributed by atoms with Gasteiger partial charge in [-0.3, -0.25) is 0 Å². The van der Waals surface area contributed by atoms with E-state index in [9.17, 15) is 10.2 Å². The minimum absolute atomic E-state index is 0.441. The molecule has 0 saturated carbocycles. The van der Waals surface area contributed by atoms with Gasteiger partial charge in [0.05, 0.1) is 12.2 Å². The van der Waals surface area contributed by atoms with E-state index in [-0.39, 0.29) is 0 Å². The summed E-state index contributed by atoms with van der Waals surface area (Å²) in [4.78, 5) is 0. The van der Waals surface area contributed by atoms with E-state index in [2.05, 4.69) is 6.92 Å². The van der Waals surface area contributed by atoms with Gasteiger partial charge in [0.2, 0.25) is 0 Å². The molecule has 3 nitrogen and oxygen atoms in total. The Morgan fingerprint density at radius 2 is 1.05 bits per heavy atom. The molecule has 0 aliphatic heterocycles. The molecule has 2 atom stereocenters. The summed E-state index contributed by atoms with van der Waals surface area (Å²) in [5, 5.41) is 19.2. The summed E-state index contributed by atoms with van der Waals surface area (Å²) >= 11 is 0. The van der Waals surface area contributed by atoms with Gasteiger partial charge in [-0.05, 0) is 19.4 Å². The van der Waals surface area contributed by atoms with E-state index in [4.69, 9.17) is 5.73 Å². The lowest BCUT2D eigenvalue weighted by Gasteiger charge is -2.16. The van der Waals surface area contributed by atoms with E-state index in [0.29, 0.717) is 19.4 Å². The summed E-state index contributed by atoms with van der Waals surface area (Å²) < 4.78 is 0. The Labute approximate surface area is 126 Å². The summed E-state index contributed by atoms with van der Waals surface area (Å²) in [5.74, 6) is 0. The zero-order valence-corrected chi connectivity index (χ0v) is 13.5. The molecule has 20 heavy (non-hydrogen) atoms. The number of aliphatic hydroxyl groups is 2. The molecular weight excluding hydrogens is 250 g/mol. The van der Waals surface area contributed by atoms with Crippen molar-refractivity contribution < 1.29 is 10.2 Å². The highest BCUT2D eigenvalue weighted by atomic mass is 16.3.